The van der Waals surface area contributed by atoms with E-state index in [1.807, 2.05) is 104 Å². The monoisotopic (exact) mass is 570 g/mol. The lowest BCUT2D eigenvalue weighted by molar-refractivity contribution is -0.127. The van der Waals surface area contributed by atoms with Crippen LogP contribution < -0.4 is 5.32 Å². The maximum absolute atomic E-state index is 14.8. The lowest BCUT2D eigenvalue weighted by Crippen LogP contribution is -2.56. The Kier molecular flexibility index (Phi) is 7.98. The van der Waals surface area contributed by atoms with E-state index in [1.165, 1.54) is 12.0 Å². The second-order valence-electron chi connectivity index (χ2n) is 11.7. The largest absolute Gasteiger partial charge is 0.323 e. The second kappa shape index (κ2) is 12.0. The minimum absolute atomic E-state index is 0.138. The van der Waals surface area contributed by atoms with Crippen molar-refractivity contribution < 1.29 is 14.4 Å². The number of nitrogens with zero attached hydrogens (tertiary/aromatic N) is 1. The van der Waals surface area contributed by atoms with Gasteiger partial charge in [-0.1, -0.05) is 118 Å². The van der Waals surface area contributed by atoms with Gasteiger partial charge in [-0.25, -0.2) is 0 Å². The Morgan fingerprint density at radius 1 is 0.767 bits per heavy atom. The normalized spacial score (nSPS) is 22.4. The summed E-state index contributed by atoms with van der Waals surface area (Å²) in [6, 6.07) is 34.0. The maximum Gasteiger partial charge on any atom is 0.255 e. The smallest absolute Gasteiger partial charge is 0.255 e. The average molecular weight is 571 g/mol. The molecular formula is C38H38N2O3. The number of para-hydroxylation sites is 1. The molecule has 218 valence electrons. The molecule has 0 aromatic heterocycles. The van der Waals surface area contributed by atoms with Gasteiger partial charge in [-0.2, -0.15) is 0 Å². The van der Waals surface area contributed by atoms with Crippen molar-refractivity contribution in [2.45, 2.75) is 63.5 Å². The molecule has 4 unspecified atom stereocenters. The molecule has 4 aromatic carbocycles. The fourth-order valence-electron chi connectivity index (χ4n) is 7.37. The molecule has 4 atom stereocenters. The second-order valence-corrected chi connectivity index (χ2v) is 11.7. The van der Waals surface area contributed by atoms with Crippen LogP contribution in [0.3, 0.4) is 0 Å². The van der Waals surface area contributed by atoms with Crippen LogP contribution in [-0.4, -0.2) is 28.5 Å². The minimum Gasteiger partial charge on any atom is -0.323 e. The summed E-state index contributed by atoms with van der Waals surface area (Å²) in [7, 11) is 0. The number of carbonyl (C=O) groups is 3. The van der Waals surface area contributed by atoms with Gasteiger partial charge in [0, 0.05) is 34.3 Å². The Morgan fingerprint density at radius 3 is 2.09 bits per heavy atom. The zero-order valence-corrected chi connectivity index (χ0v) is 24.8. The van der Waals surface area contributed by atoms with Crippen molar-refractivity contribution in [2.75, 3.05) is 5.32 Å². The van der Waals surface area contributed by atoms with Crippen LogP contribution in [0.5, 0.6) is 0 Å². The molecular weight excluding hydrogens is 532 g/mol. The number of fused-ring (bicyclic) bond motifs is 2. The molecule has 1 fully saturated rings. The number of unbranched alkanes of at least 4 members (excludes halogenated alkanes) is 2. The number of nitrogens with one attached hydrogen (secondary N) is 1. The fraction of sp³-hybridized carbons (Fsp3) is 0.289. The Morgan fingerprint density at radius 2 is 1.42 bits per heavy atom. The lowest BCUT2D eigenvalue weighted by Gasteiger charge is -2.39. The molecule has 1 saturated heterocycles. The number of likely N-dealkylation sites (tertiary alicyclic amines) is 1. The Hall–Kier alpha value is -4.51. The third kappa shape index (κ3) is 4.77. The average Bonchev–Trinajstić information content (AvgIpc) is 3.53. The zero-order chi connectivity index (χ0) is 30.0. The molecule has 6 rings (SSSR count). The summed E-state index contributed by atoms with van der Waals surface area (Å²) in [6.45, 7) is 4.23. The quantitative estimate of drug-likeness (QED) is 0.165. The highest BCUT2D eigenvalue weighted by molar-refractivity contribution is 6.15. The number of hydrogen-bond donors (Lipinski definition) is 1. The van der Waals surface area contributed by atoms with Gasteiger partial charge in [-0.3, -0.25) is 14.4 Å². The first-order chi connectivity index (χ1) is 21.0. The number of hydrogen-bond acceptors (Lipinski definition) is 3. The Balaban J connectivity index is 1.56. The Labute approximate surface area is 253 Å². The summed E-state index contributed by atoms with van der Waals surface area (Å²) in [5.41, 5.74) is 3.00. The van der Waals surface area contributed by atoms with Crippen LogP contribution in [0.2, 0.25) is 0 Å². The predicted octanol–water partition coefficient (Wildman–Crippen LogP) is 7.78. The summed E-state index contributed by atoms with van der Waals surface area (Å²) in [5.74, 6) is -1.93. The number of anilines is 1. The molecule has 2 aliphatic rings. The lowest BCUT2D eigenvalue weighted by atomic mass is 9.69. The summed E-state index contributed by atoms with van der Waals surface area (Å²) in [4.78, 5) is 45.9. The molecule has 5 heteroatoms. The maximum atomic E-state index is 14.8. The van der Waals surface area contributed by atoms with Crippen molar-refractivity contribution in [3.05, 3.63) is 137 Å². The molecule has 2 heterocycles. The van der Waals surface area contributed by atoms with Gasteiger partial charge in [0.1, 0.15) is 0 Å². The Bertz CT molecular complexity index is 1620. The number of rotatable bonds is 9. The molecule has 0 aliphatic carbocycles. The van der Waals surface area contributed by atoms with E-state index in [0.717, 1.165) is 24.8 Å². The van der Waals surface area contributed by atoms with Crippen molar-refractivity contribution in [3.63, 3.8) is 0 Å². The number of benzene rings is 4. The van der Waals surface area contributed by atoms with E-state index in [2.05, 4.69) is 12.2 Å². The first-order valence-electron chi connectivity index (χ1n) is 15.5. The SMILES string of the molecule is CCCCCc1ccc(C(=O)N2C(CC)C(c3ccccc3)C(C(=O)c3ccccc3)C23C(=O)Nc2ccccc23)cc1. The van der Waals surface area contributed by atoms with E-state index < -0.39 is 23.4 Å². The van der Waals surface area contributed by atoms with Crippen molar-refractivity contribution in [1.82, 2.24) is 4.90 Å². The van der Waals surface area contributed by atoms with Crippen LogP contribution in [0.25, 0.3) is 0 Å². The van der Waals surface area contributed by atoms with Crippen molar-refractivity contribution in [1.29, 1.82) is 0 Å². The van der Waals surface area contributed by atoms with Gasteiger partial charge in [0.05, 0.1) is 5.92 Å². The highest BCUT2D eigenvalue weighted by Gasteiger charge is 2.69. The van der Waals surface area contributed by atoms with E-state index in [-0.39, 0.29) is 17.6 Å². The van der Waals surface area contributed by atoms with Crippen LogP contribution in [0, 0.1) is 5.92 Å². The molecule has 0 saturated carbocycles. The first-order valence-corrected chi connectivity index (χ1v) is 15.5. The molecule has 0 bridgehead atoms. The van der Waals surface area contributed by atoms with E-state index in [4.69, 9.17) is 0 Å². The third-order valence-corrected chi connectivity index (χ3v) is 9.30. The molecule has 1 N–H and O–H groups in total. The molecule has 1 spiro atoms. The summed E-state index contributed by atoms with van der Waals surface area (Å²) in [6.07, 6.45) is 4.97. The third-order valence-electron chi connectivity index (χ3n) is 9.30. The summed E-state index contributed by atoms with van der Waals surface area (Å²) < 4.78 is 0. The van der Waals surface area contributed by atoms with Crippen LogP contribution in [-0.2, 0) is 16.8 Å². The fourth-order valence-corrected chi connectivity index (χ4v) is 7.37. The number of carbonyl (C=O) groups excluding carboxylic acids is 3. The molecule has 43 heavy (non-hydrogen) atoms. The van der Waals surface area contributed by atoms with Gasteiger partial charge in [0.2, 0.25) is 0 Å². The number of ketones is 1. The van der Waals surface area contributed by atoms with Crippen molar-refractivity contribution in [3.8, 4) is 0 Å². The molecule has 5 nitrogen and oxygen atoms in total. The molecule has 4 aromatic rings. The number of aryl methyl sites for hydroxylation is 1. The predicted molar refractivity (Wildman–Crippen MR) is 170 cm³/mol. The van der Waals surface area contributed by atoms with Crippen LogP contribution in [0.15, 0.2) is 109 Å². The highest BCUT2D eigenvalue weighted by Crippen LogP contribution is 2.59. The number of amides is 2. The summed E-state index contributed by atoms with van der Waals surface area (Å²) >= 11 is 0. The van der Waals surface area contributed by atoms with E-state index >= 15 is 0 Å². The summed E-state index contributed by atoms with van der Waals surface area (Å²) in [5, 5.41) is 3.07. The van der Waals surface area contributed by atoms with Crippen molar-refractivity contribution in [2.24, 2.45) is 5.92 Å². The van der Waals surface area contributed by atoms with Gasteiger partial charge < -0.3 is 10.2 Å². The highest BCUT2D eigenvalue weighted by atomic mass is 16.2. The van der Waals surface area contributed by atoms with Gasteiger partial charge in [-0.15, -0.1) is 0 Å². The van der Waals surface area contributed by atoms with E-state index in [0.29, 0.717) is 28.8 Å². The van der Waals surface area contributed by atoms with Gasteiger partial charge in [0.15, 0.2) is 11.3 Å². The minimum atomic E-state index is -1.51. The van der Waals surface area contributed by atoms with Crippen LogP contribution in [0.1, 0.15) is 82.9 Å². The zero-order valence-electron chi connectivity index (χ0n) is 24.8. The molecule has 2 amide bonds. The van der Waals surface area contributed by atoms with Gasteiger partial charge in [-0.05, 0) is 48.6 Å². The molecule has 2 aliphatic heterocycles. The molecule has 0 radical (unpaired) electrons. The van der Waals surface area contributed by atoms with E-state index in [1.54, 1.807) is 17.0 Å². The standard InChI is InChI=1S/C38H38N2O3/c1-3-5-8-15-26-22-24-29(25-23-26)36(42)40-32(4-2)33(27-16-9-6-10-17-27)34(35(41)28-18-11-7-12-19-28)38(40)30-20-13-14-21-31(30)39-37(38)43/h6-7,9-14,16-25,32-34H,3-5,8,15H2,1-2H3,(H,39,43). The topological polar surface area (TPSA) is 66.5 Å². The van der Waals surface area contributed by atoms with Gasteiger partial charge in [0.25, 0.3) is 11.8 Å². The van der Waals surface area contributed by atoms with Crippen molar-refractivity contribution >= 4 is 23.3 Å². The van der Waals surface area contributed by atoms with Crippen LogP contribution >= 0.6 is 0 Å². The van der Waals surface area contributed by atoms with Gasteiger partial charge >= 0.3 is 0 Å². The number of Topliss-reactive ketones (excluding diaryl/α,β-unsaturated/α-hetero) is 1. The van der Waals surface area contributed by atoms with E-state index in [9.17, 15) is 14.4 Å². The first kappa shape index (κ1) is 28.6. The van der Waals surface area contributed by atoms with Crippen LogP contribution in [0.4, 0.5) is 5.69 Å².